The van der Waals surface area contributed by atoms with Gasteiger partial charge in [0.15, 0.2) is 5.82 Å². The molecule has 0 saturated carbocycles. The van der Waals surface area contributed by atoms with Crippen LogP contribution in [0.3, 0.4) is 0 Å². The second kappa shape index (κ2) is 9.29. The van der Waals surface area contributed by atoms with E-state index >= 15 is 0 Å². The molecular weight excluding hydrogens is 371 g/mol. The monoisotopic (exact) mass is 394 g/mol. The highest BCUT2D eigenvalue weighted by atomic mass is 19.1. The predicted molar refractivity (Wildman–Crippen MR) is 111 cm³/mol. The molecule has 150 valence electrons. The predicted octanol–water partition coefficient (Wildman–Crippen LogP) is 3.25. The average Bonchev–Trinajstić information content (AvgIpc) is 2.76. The molecule has 0 unspecified atom stereocenters. The molecule has 1 aromatic heterocycles. The van der Waals surface area contributed by atoms with Crippen LogP contribution in [0.1, 0.15) is 5.56 Å². The lowest BCUT2D eigenvalue weighted by molar-refractivity contribution is 0.123. The van der Waals surface area contributed by atoms with Crippen molar-refractivity contribution in [2.75, 3.05) is 48.4 Å². The number of ether oxygens (including phenoxy) is 1. The number of para-hydroxylation sites is 2. The van der Waals surface area contributed by atoms with E-state index in [0.717, 1.165) is 49.7 Å². The Labute approximate surface area is 168 Å². The lowest BCUT2D eigenvalue weighted by Crippen LogP contribution is -2.36. The Morgan fingerprint density at radius 1 is 1.03 bits per heavy atom. The number of hydrogen-bond acceptors (Lipinski definition) is 7. The maximum absolute atomic E-state index is 13.0. The van der Waals surface area contributed by atoms with Gasteiger partial charge in [0.1, 0.15) is 5.82 Å². The molecule has 4 rings (SSSR count). The average molecular weight is 394 g/mol. The van der Waals surface area contributed by atoms with Crippen LogP contribution >= 0.6 is 0 Å². The number of nitrogens with one attached hydrogen (secondary N) is 2. The van der Waals surface area contributed by atoms with Crippen LogP contribution in [0.5, 0.6) is 0 Å². The second-order valence-corrected chi connectivity index (χ2v) is 6.71. The molecule has 0 bridgehead atoms. The van der Waals surface area contributed by atoms with Crippen molar-refractivity contribution in [3.63, 3.8) is 0 Å². The summed E-state index contributed by atoms with van der Waals surface area (Å²) < 4.78 is 18.4. The van der Waals surface area contributed by atoms with E-state index in [0.29, 0.717) is 18.3 Å². The van der Waals surface area contributed by atoms with Crippen LogP contribution in [-0.2, 0) is 11.2 Å². The summed E-state index contributed by atoms with van der Waals surface area (Å²) in [6.45, 7) is 3.80. The van der Waals surface area contributed by atoms with Gasteiger partial charge in [-0.1, -0.05) is 24.3 Å². The Morgan fingerprint density at radius 3 is 2.66 bits per heavy atom. The number of halogens is 1. The third kappa shape index (κ3) is 5.17. The number of rotatable bonds is 7. The molecule has 29 heavy (non-hydrogen) atoms. The number of benzene rings is 2. The lowest BCUT2D eigenvalue weighted by Gasteiger charge is -2.30. The standard InChI is InChI=1S/C21H23FN6O/c22-17-7-5-16(6-8-17)9-10-23-21-26-20(15-24-27-21)25-18-3-1-2-4-19(18)28-11-13-29-14-12-28/h1-8,15H,9-14H2,(H2,23,25,26,27). The number of morpholine rings is 1. The zero-order valence-corrected chi connectivity index (χ0v) is 16.0. The second-order valence-electron chi connectivity index (χ2n) is 6.71. The lowest BCUT2D eigenvalue weighted by atomic mass is 10.1. The largest absolute Gasteiger partial charge is 0.378 e. The molecule has 2 aromatic carbocycles. The van der Waals surface area contributed by atoms with E-state index in [1.807, 2.05) is 18.2 Å². The Hall–Kier alpha value is -3.26. The molecule has 0 atom stereocenters. The number of aromatic nitrogens is 3. The van der Waals surface area contributed by atoms with E-state index in [1.54, 1.807) is 18.3 Å². The van der Waals surface area contributed by atoms with Crippen LogP contribution in [0.25, 0.3) is 0 Å². The summed E-state index contributed by atoms with van der Waals surface area (Å²) in [6.07, 6.45) is 2.34. The normalized spacial score (nSPS) is 13.9. The summed E-state index contributed by atoms with van der Waals surface area (Å²) in [5.74, 6) is 0.830. The molecule has 1 saturated heterocycles. The van der Waals surface area contributed by atoms with Crippen molar-refractivity contribution in [2.45, 2.75) is 6.42 Å². The van der Waals surface area contributed by atoms with Crippen molar-refractivity contribution in [3.8, 4) is 0 Å². The minimum atomic E-state index is -0.231. The fraction of sp³-hybridized carbons (Fsp3) is 0.286. The summed E-state index contributed by atoms with van der Waals surface area (Å²) in [4.78, 5) is 6.79. The van der Waals surface area contributed by atoms with E-state index in [2.05, 4.69) is 36.8 Å². The van der Waals surface area contributed by atoms with Crippen LogP contribution < -0.4 is 15.5 Å². The van der Waals surface area contributed by atoms with Gasteiger partial charge >= 0.3 is 0 Å². The molecule has 0 aliphatic carbocycles. The van der Waals surface area contributed by atoms with Gasteiger partial charge < -0.3 is 20.3 Å². The highest BCUT2D eigenvalue weighted by Gasteiger charge is 2.15. The minimum Gasteiger partial charge on any atom is -0.378 e. The van der Waals surface area contributed by atoms with Gasteiger partial charge in [-0.3, -0.25) is 0 Å². The first-order valence-corrected chi connectivity index (χ1v) is 9.65. The van der Waals surface area contributed by atoms with Crippen LogP contribution in [0.2, 0.25) is 0 Å². The van der Waals surface area contributed by atoms with Crippen molar-refractivity contribution < 1.29 is 9.13 Å². The molecule has 0 spiro atoms. The van der Waals surface area contributed by atoms with Crippen LogP contribution in [-0.4, -0.2) is 48.0 Å². The van der Waals surface area contributed by atoms with E-state index in [1.165, 1.54) is 12.1 Å². The van der Waals surface area contributed by atoms with Gasteiger partial charge in [0.2, 0.25) is 5.95 Å². The number of nitrogens with zero attached hydrogens (tertiary/aromatic N) is 4. The molecular formula is C21H23FN6O. The summed E-state index contributed by atoms with van der Waals surface area (Å²) in [7, 11) is 0. The Morgan fingerprint density at radius 2 is 1.83 bits per heavy atom. The molecule has 8 heteroatoms. The maximum Gasteiger partial charge on any atom is 0.244 e. The molecule has 2 N–H and O–H groups in total. The van der Waals surface area contributed by atoms with Gasteiger partial charge in [0.05, 0.1) is 30.8 Å². The Balaban J connectivity index is 1.39. The van der Waals surface area contributed by atoms with Gasteiger partial charge in [0, 0.05) is 19.6 Å². The molecule has 2 heterocycles. The van der Waals surface area contributed by atoms with Gasteiger partial charge in [-0.25, -0.2) is 4.39 Å². The quantitative estimate of drug-likeness (QED) is 0.637. The summed E-state index contributed by atoms with van der Waals surface area (Å²) in [5.41, 5.74) is 3.12. The van der Waals surface area contributed by atoms with Crippen molar-refractivity contribution in [3.05, 3.63) is 66.1 Å². The van der Waals surface area contributed by atoms with Gasteiger partial charge in [-0.15, -0.1) is 5.10 Å². The molecule has 0 radical (unpaired) electrons. The summed E-state index contributed by atoms with van der Waals surface area (Å²) in [5, 5.41) is 14.6. The fourth-order valence-corrected chi connectivity index (χ4v) is 3.21. The zero-order chi connectivity index (χ0) is 19.9. The van der Waals surface area contributed by atoms with E-state index in [4.69, 9.17) is 4.74 Å². The number of hydrogen-bond donors (Lipinski definition) is 2. The van der Waals surface area contributed by atoms with Crippen LogP contribution in [0.15, 0.2) is 54.7 Å². The van der Waals surface area contributed by atoms with Crippen molar-refractivity contribution in [1.82, 2.24) is 15.2 Å². The van der Waals surface area contributed by atoms with Crippen molar-refractivity contribution >= 4 is 23.1 Å². The van der Waals surface area contributed by atoms with E-state index in [-0.39, 0.29) is 5.82 Å². The molecule has 3 aromatic rings. The van der Waals surface area contributed by atoms with E-state index in [9.17, 15) is 4.39 Å². The van der Waals surface area contributed by atoms with Crippen LogP contribution in [0, 0.1) is 5.82 Å². The first-order valence-electron chi connectivity index (χ1n) is 9.65. The fourth-order valence-electron chi connectivity index (χ4n) is 3.21. The molecule has 1 fully saturated rings. The molecule has 7 nitrogen and oxygen atoms in total. The highest BCUT2D eigenvalue weighted by molar-refractivity contribution is 5.74. The Bertz CT molecular complexity index is 930. The van der Waals surface area contributed by atoms with Gasteiger partial charge in [0.25, 0.3) is 0 Å². The van der Waals surface area contributed by atoms with Crippen LogP contribution in [0.4, 0.5) is 27.5 Å². The summed E-state index contributed by atoms with van der Waals surface area (Å²) >= 11 is 0. The van der Waals surface area contributed by atoms with Gasteiger partial charge in [-0.2, -0.15) is 10.1 Å². The first-order chi connectivity index (χ1) is 14.3. The number of anilines is 4. The highest BCUT2D eigenvalue weighted by Crippen LogP contribution is 2.28. The third-order valence-electron chi connectivity index (χ3n) is 4.69. The molecule has 1 aliphatic rings. The minimum absolute atomic E-state index is 0.231. The topological polar surface area (TPSA) is 75.2 Å². The van der Waals surface area contributed by atoms with Crippen molar-refractivity contribution in [1.29, 1.82) is 0 Å². The zero-order valence-electron chi connectivity index (χ0n) is 16.0. The van der Waals surface area contributed by atoms with Crippen molar-refractivity contribution in [2.24, 2.45) is 0 Å². The molecule has 1 aliphatic heterocycles. The molecule has 0 amide bonds. The Kier molecular flexibility index (Phi) is 6.11. The summed E-state index contributed by atoms with van der Waals surface area (Å²) in [6, 6.07) is 14.6. The third-order valence-corrected chi connectivity index (χ3v) is 4.69. The first kappa shape index (κ1) is 19.1. The smallest absolute Gasteiger partial charge is 0.244 e. The SMILES string of the molecule is Fc1ccc(CCNc2nncc(Nc3ccccc3N3CCOCC3)n2)cc1. The maximum atomic E-state index is 13.0. The van der Waals surface area contributed by atoms with E-state index < -0.39 is 0 Å². The van der Waals surface area contributed by atoms with Gasteiger partial charge in [-0.05, 0) is 36.2 Å².